The molecule has 0 bridgehead atoms. The van der Waals surface area contributed by atoms with Gasteiger partial charge < -0.3 is 19.8 Å². The van der Waals surface area contributed by atoms with Crippen molar-refractivity contribution in [3.8, 4) is 11.5 Å². The van der Waals surface area contributed by atoms with E-state index in [0.717, 1.165) is 30.8 Å². The Morgan fingerprint density at radius 1 is 1.50 bits per heavy atom. The van der Waals surface area contributed by atoms with Crippen LogP contribution in [0.3, 0.4) is 0 Å². The van der Waals surface area contributed by atoms with Crippen LogP contribution < -0.4 is 14.9 Å². The summed E-state index contributed by atoms with van der Waals surface area (Å²) in [5.74, 6) is 0.764. The molecule has 2 aliphatic rings. The predicted molar refractivity (Wildman–Crippen MR) is 89.7 cm³/mol. The second kappa shape index (κ2) is 6.64. The van der Waals surface area contributed by atoms with Crippen LogP contribution in [-0.2, 0) is 0 Å². The largest absolute Gasteiger partial charge is 0.490 e. The first kappa shape index (κ1) is 16.5. The molecule has 24 heavy (non-hydrogen) atoms. The number of methoxy groups -OCH3 is 1. The van der Waals surface area contributed by atoms with Crippen LogP contribution in [0, 0.1) is 16.0 Å². The standard InChI is InChI=1S/C16H22N4O4/c1-4-24-14-8-10(7-13(20(21)22)16(14)23-3)15-11-9-19(2)6-5-12(11)17-18-15/h7-8,11,15,18H,4-6,9H2,1-3H3. The van der Waals surface area contributed by atoms with E-state index < -0.39 is 4.92 Å². The Balaban J connectivity index is 2.00. The first-order valence-electron chi connectivity index (χ1n) is 8.04. The van der Waals surface area contributed by atoms with Crippen molar-refractivity contribution in [3.63, 3.8) is 0 Å². The maximum atomic E-state index is 11.5. The Morgan fingerprint density at radius 3 is 2.96 bits per heavy atom. The molecular formula is C16H22N4O4. The third kappa shape index (κ3) is 2.89. The molecular weight excluding hydrogens is 312 g/mol. The molecule has 2 heterocycles. The fourth-order valence-corrected chi connectivity index (χ4v) is 3.40. The van der Waals surface area contributed by atoms with Crippen molar-refractivity contribution in [2.75, 3.05) is 33.9 Å². The van der Waals surface area contributed by atoms with Gasteiger partial charge in [0.2, 0.25) is 5.75 Å². The molecule has 1 saturated heterocycles. The van der Waals surface area contributed by atoms with Crippen molar-refractivity contribution in [2.24, 2.45) is 11.0 Å². The molecule has 8 heteroatoms. The summed E-state index contributed by atoms with van der Waals surface area (Å²) in [5, 5.41) is 15.9. The predicted octanol–water partition coefficient (Wildman–Crippen LogP) is 1.95. The van der Waals surface area contributed by atoms with Crippen LogP contribution in [0.1, 0.15) is 24.9 Å². The van der Waals surface area contributed by atoms with Crippen LogP contribution in [0.2, 0.25) is 0 Å². The van der Waals surface area contributed by atoms with E-state index in [2.05, 4.69) is 22.5 Å². The number of hydrazone groups is 1. The summed E-state index contributed by atoms with van der Waals surface area (Å²) in [4.78, 5) is 13.3. The fraction of sp³-hybridized carbons (Fsp3) is 0.562. The Kier molecular flexibility index (Phi) is 4.57. The second-order valence-electron chi connectivity index (χ2n) is 6.09. The molecule has 1 fully saturated rings. The quantitative estimate of drug-likeness (QED) is 0.654. The number of nitro benzene ring substituents is 1. The minimum atomic E-state index is -0.436. The first-order chi connectivity index (χ1) is 11.5. The smallest absolute Gasteiger partial charge is 0.315 e. The summed E-state index contributed by atoms with van der Waals surface area (Å²) in [6, 6.07) is 3.29. The molecule has 0 aliphatic carbocycles. The summed E-state index contributed by atoms with van der Waals surface area (Å²) in [7, 11) is 3.49. The van der Waals surface area contributed by atoms with Crippen molar-refractivity contribution in [1.29, 1.82) is 0 Å². The Bertz CT molecular complexity index is 676. The van der Waals surface area contributed by atoms with Crippen LogP contribution in [-0.4, -0.2) is 49.4 Å². The lowest BCUT2D eigenvalue weighted by atomic mass is 9.86. The number of nitrogens with one attached hydrogen (secondary N) is 1. The van der Waals surface area contributed by atoms with Crippen LogP contribution >= 0.6 is 0 Å². The minimum Gasteiger partial charge on any atom is -0.490 e. The van der Waals surface area contributed by atoms with E-state index in [1.807, 2.05) is 13.0 Å². The third-order valence-corrected chi connectivity index (χ3v) is 4.55. The normalized spacial score (nSPS) is 23.2. The fourth-order valence-electron chi connectivity index (χ4n) is 3.40. The first-order valence-corrected chi connectivity index (χ1v) is 8.04. The summed E-state index contributed by atoms with van der Waals surface area (Å²) in [6.45, 7) is 4.10. The number of ether oxygens (including phenoxy) is 2. The highest BCUT2D eigenvalue weighted by molar-refractivity contribution is 5.90. The van der Waals surface area contributed by atoms with Gasteiger partial charge in [-0.05, 0) is 25.6 Å². The van der Waals surface area contributed by atoms with E-state index in [4.69, 9.17) is 9.47 Å². The lowest BCUT2D eigenvalue weighted by Crippen LogP contribution is -2.39. The molecule has 130 valence electrons. The number of hydrogen-bond donors (Lipinski definition) is 1. The molecule has 1 aromatic rings. The number of fused-ring (bicyclic) bond motifs is 1. The van der Waals surface area contributed by atoms with Gasteiger partial charge in [0.25, 0.3) is 0 Å². The molecule has 1 N–H and O–H groups in total. The lowest BCUT2D eigenvalue weighted by molar-refractivity contribution is -0.385. The Hall–Kier alpha value is -2.35. The molecule has 2 unspecified atom stereocenters. The van der Waals surface area contributed by atoms with E-state index in [9.17, 15) is 10.1 Å². The van der Waals surface area contributed by atoms with Crippen LogP contribution in [0.4, 0.5) is 5.69 Å². The van der Waals surface area contributed by atoms with Crippen LogP contribution in [0.5, 0.6) is 11.5 Å². The van der Waals surface area contributed by atoms with E-state index in [-0.39, 0.29) is 23.4 Å². The molecule has 2 atom stereocenters. The summed E-state index contributed by atoms with van der Waals surface area (Å²) < 4.78 is 10.8. The number of hydrogen-bond acceptors (Lipinski definition) is 7. The highest BCUT2D eigenvalue weighted by Crippen LogP contribution is 2.42. The lowest BCUT2D eigenvalue weighted by Gasteiger charge is -2.31. The van der Waals surface area contributed by atoms with Crippen LogP contribution in [0.15, 0.2) is 17.2 Å². The Labute approximate surface area is 140 Å². The number of rotatable bonds is 5. The van der Waals surface area contributed by atoms with Crippen LogP contribution in [0.25, 0.3) is 0 Å². The number of nitro groups is 1. The number of benzene rings is 1. The van der Waals surface area contributed by atoms with E-state index in [1.165, 1.54) is 7.11 Å². The van der Waals surface area contributed by atoms with E-state index >= 15 is 0 Å². The van der Waals surface area contributed by atoms with Crippen molar-refractivity contribution in [1.82, 2.24) is 10.3 Å². The van der Waals surface area contributed by atoms with E-state index in [0.29, 0.717) is 12.4 Å². The highest BCUT2D eigenvalue weighted by atomic mass is 16.6. The van der Waals surface area contributed by atoms with Gasteiger partial charge in [0.1, 0.15) is 0 Å². The van der Waals surface area contributed by atoms with Gasteiger partial charge in [-0.25, -0.2) is 0 Å². The zero-order chi connectivity index (χ0) is 17.3. The zero-order valence-corrected chi connectivity index (χ0v) is 14.1. The molecule has 0 radical (unpaired) electrons. The maximum Gasteiger partial charge on any atom is 0.315 e. The number of nitrogens with zero attached hydrogens (tertiary/aromatic N) is 3. The minimum absolute atomic E-state index is 0.0853. The maximum absolute atomic E-state index is 11.5. The molecule has 0 spiro atoms. The summed E-state index contributed by atoms with van der Waals surface area (Å²) >= 11 is 0. The SMILES string of the molecule is CCOc1cc(C2NN=C3CCN(C)CC32)cc([N+](=O)[O-])c1OC. The number of piperidine rings is 1. The molecule has 1 aromatic carbocycles. The van der Waals surface area contributed by atoms with Crippen molar-refractivity contribution in [3.05, 3.63) is 27.8 Å². The topological polar surface area (TPSA) is 89.2 Å². The molecule has 0 saturated carbocycles. The molecule has 2 aliphatic heterocycles. The molecule has 3 rings (SSSR count). The van der Waals surface area contributed by atoms with Gasteiger partial charge in [0.15, 0.2) is 5.75 Å². The molecule has 0 amide bonds. The third-order valence-electron chi connectivity index (χ3n) is 4.55. The van der Waals surface area contributed by atoms with Crippen molar-refractivity contribution in [2.45, 2.75) is 19.4 Å². The van der Waals surface area contributed by atoms with Gasteiger partial charge in [0, 0.05) is 37.2 Å². The average Bonchev–Trinajstić information content (AvgIpc) is 2.97. The zero-order valence-electron chi connectivity index (χ0n) is 14.1. The van der Waals surface area contributed by atoms with Gasteiger partial charge in [-0.15, -0.1) is 0 Å². The van der Waals surface area contributed by atoms with Gasteiger partial charge >= 0.3 is 5.69 Å². The highest BCUT2D eigenvalue weighted by Gasteiger charge is 2.37. The van der Waals surface area contributed by atoms with Gasteiger partial charge in [-0.1, -0.05) is 0 Å². The summed E-state index contributed by atoms with van der Waals surface area (Å²) in [6.07, 6.45) is 0.918. The summed E-state index contributed by atoms with van der Waals surface area (Å²) in [5.41, 5.74) is 5.00. The monoisotopic (exact) mass is 334 g/mol. The van der Waals surface area contributed by atoms with E-state index in [1.54, 1.807) is 6.07 Å². The number of likely N-dealkylation sites (tertiary alicyclic amines) is 1. The second-order valence-corrected chi connectivity index (χ2v) is 6.09. The molecule has 0 aromatic heterocycles. The van der Waals surface area contributed by atoms with Crippen molar-refractivity contribution < 1.29 is 14.4 Å². The van der Waals surface area contributed by atoms with Gasteiger partial charge in [-0.2, -0.15) is 5.10 Å². The van der Waals surface area contributed by atoms with Gasteiger partial charge in [0.05, 0.1) is 24.7 Å². The Morgan fingerprint density at radius 2 is 2.29 bits per heavy atom. The molecule has 8 nitrogen and oxygen atoms in total. The van der Waals surface area contributed by atoms with Gasteiger partial charge in [-0.3, -0.25) is 10.1 Å². The average molecular weight is 334 g/mol. The van der Waals surface area contributed by atoms with Crippen molar-refractivity contribution >= 4 is 11.4 Å².